The molecule has 0 unspecified atom stereocenters. The Morgan fingerprint density at radius 1 is 1.21 bits per heavy atom. The summed E-state index contributed by atoms with van der Waals surface area (Å²) in [7, 11) is 0. The van der Waals surface area contributed by atoms with Crippen molar-refractivity contribution in [2.45, 2.75) is 6.61 Å². The van der Waals surface area contributed by atoms with Crippen LogP contribution in [0.25, 0.3) is 0 Å². The van der Waals surface area contributed by atoms with Gasteiger partial charge in [0.25, 0.3) is 0 Å². The molecule has 0 fully saturated rings. The van der Waals surface area contributed by atoms with Crippen molar-refractivity contribution in [2.75, 3.05) is 6.54 Å². The van der Waals surface area contributed by atoms with Crippen LogP contribution in [0.3, 0.4) is 0 Å². The number of thiocarbonyl (C=S) groups is 1. The third-order valence-electron chi connectivity index (χ3n) is 3.06. The van der Waals surface area contributed by atoms with E-state index in [2.05, 4.69) is 22.4 Å². The van der Waals surface area contributed by atoms with Gasteiger partial charge in [0.1, 0.15) is 12.4 Å². The molecule has 4 nitrogen and oxygen atoms in total. The summed E-state index contributed by atoms with van der Waals surface area (Å²) in [5.41, 5.74) is 4.80. The third-order valence-corrected chi connectivity index (χ3v) is 3.68. The van der Waals surface area contributed by atoms with Crippen LogP contribution in [0, 0.1) is 0 Å². The van der Waals surface area contributed by atoms with Gasteiger partial charge >= 0.3 is 0 Å². The molecule has 0 aliphatic carbocycles. The Morgan fingerprint density at radius 2 is 1.96 bits per heavy atom. The Balaban J connectivity index is 1.83. The maximum Gasteiger partial charge on any atom is 0.224 e. The molecule has 24 heavy (non-hydrogen) atoms. The van der Waals surface area contributed by atoms with Crippen molar-refractivity contribution in [3.63, 3.8) is 0 Å². The highest BCUT2D eigenvalue weighted by Gasteiger charge is 2.01. The molecule has 0 bridgehead atoms. The molecule has 0 saturated carbocycles. The second kappa shape index (κ2) is 9.70. The van der Waals surface area contributed by atoms with Crippen molar-refractivity contribution in [2.24, 2.45) is 0 Å². The first kappa shape index (κ1) is 18.0. The molecule has 3 N–H and O–H groups in total. The van der Waals surface area contributed by atoms with Crippen LogP contribution in [0.2, 0.25) is 5.02 Å². The van der Waals surface area contributed by atoms with Gasteiger partial charge in [-0.1, -0.05) is 35.9 Å². The van der Waals surface area contributed by atoms with E-state index in [4.69, 9.17) is 28.6 Å². The number of hydrazone groups is 1. The van der Waals surface area contributed by atoms with Gasteiger partial charge in [0.15, 0.2) is 6.21 Å². The molecule has 2 rings (SSSR count). The maximum absolute atomic E-state index is 6.11. The summed E-state index contributed by atoms with van der Waals surface area (Å²) in [6.07, 6.45) is 3.54. The van der Waals surface area contributed by atoms with Crippen molar-refractivity contribution in [1.29, 1.82) is 0 Å². The lowest BCUT2D eigenvalue weighted by molar-refractivity contribution is -0.500. The lowest BCUT2D eigenvalue weighted by Gasteiger charge is -2.07. The SMILES string of the molecule is C=CCNC(=S)N[NH+]=Cc1ccc(OCc2ccccc2Cl)cc1. The number of hydrogen-bond donors (Lipinski definition) is 3. The summed E-state index contributed by atoms with van der Waals surface area (Å²) in [5.74, 6) is 0.781. The molecule has 0 aromatic heterocycles. The van der Waals surface area contributed by atoms with Crippen LogP contribution in [0.5, 0.6) is 5.75 Å². The number of nitrogens with one attached hydrogen (secondary N) is 3. The van der Waals surface area contributed by atoms with E-state index in [1.54, 1.807) is 12.3 Å². The quantitative estimate of drug-likeness (QED) is 0.306. The second-order valence-corrected chi connectivity index (χ2v) is 5.68. The largest absolute Gasteiger partial charge is 0.489 e. The van der Waals surface area contributed by atoms with Crippen molar-refractivity contribution in [1.82, 2.24) is 10.7 Å². The smallest absolute Gasteiger partial charge is 0.224 e. The number of hydrazine groups is 1. The van der Waals surface area contributed by atoms with E-state index in [-0.39, 0.29) is 0 Å². The minimum atomic E-state index is 0.436. The first-order chi connectivity index (χ1) is 11.7. The van der Waals surface area contributed by atoms with Gasteiger partial charge in [0, 0.05) is 22.7 Å². The first-order valence-corrected chi connectivity index (χ1v) is 8.17. The molecule has 0 spiro atoms. The van der Waals surface area contributed by atoms with E-state index in [1.165, 1.54) is 0 Å². The summed E-state index contributed by atoms with van der Waals surface area (Å²) in [4.78, 5) is 0. The second-order valence-electron chi connectivity index (χ2n) is 4.86. The van der Waals surface area contributed by atoms with Crippen molar-refractivity contribution < 1.29 is 9.84 Å². The highest BCUT2D eigenvalue weighted by molar-refractivity contribution is 7.80. The van der Waals surface area contributed by atoms with Gasteiger partial charge in [-0.05, 0) is 42.5 Å². The van der Waals surface area contributed by atoms with Crippen LogP contribution in [0.1, 0.15) is 11.1 Å². The molecule has 2 aromatic rings. The third kappa shape index (κ3) is 6.02. The average Bonchev–Trinajstić information content (AvgIpc) is 2.60. The lowest BCUT2D eigenvalue weighted by atomic mass is 10.2. The standard InChI is InChI=1S/C18H18ClN3OS/c1-2-11-20-18(24)22-21-12-14-7-9-16(10-8-14)23-13-15-5-3-4-6-17(15)19/h2-10,12H,1,11,13H2,(H2,20,22,24)/p+1. The molecule has 0 aliphatic heterocycles. The van der Waals surface area contributed by atoms with Crippen molar-refractivity contribution >= 4 is 35.1 Å². The Kier molecular flexibility index (Phi) is 7.26. The zero-order valence-electron chi connectivity index (χ0n) is 13.1. The molecule has 0 heterocycles. The van der Waals surface area contributed by atoms with Crippen LogP contribution >= 0.6 is 23.8 Å². The fraction of sp³-hybridized carbons (Fsp3) is 0.111. The number of halogens is 1. The van der Waals surface area contributed by atoms with Crippen LogP contribution < -0.4 is 20.6 Å². The molecule has 2 aromatic carbocycles. The zero-order chi connectivity index (χ0) is 17.2. The monoisotopic (exact) mass is 360 g/mol. The van der Waals surface area contributed by atoms with Crippen LogP contribution in [0.15, 0.2) is 61.2 Å². The highest BCUT2D eigenvalue weighted by Crippen LogP contribution is 2.18. The number of benzene rings is 2. The van der Waals surface area contributed by atoms with Gasteiger partial charge in [-0.25, -0.2) is 0 Å². The normalized spacial score (nSPS) is 10.4. The predicted octanol–water partition coefficient (Wildman–Crippen LogP) is 1.98. The van der Waals surface area contributed by atoms with E-state index in [0.29, 0.717) is 23.3 Å². The van der Waals surface area contributed by atoms with Gasteiger partial charge < -0.3 is 10.1 Å². The minimum absolute atomic E-state index is 0.436. The topological polar surface area (TPSA) is 47.3 Å². The molecule has 0 atom stereocenters. The van der Waals surface area contributed by atoms with Crippen molar-refractivity contribution in [3.8, 4) is 5.75 Å². The molecule has 124 valence electrons. The Bertz CT molecular complexity index is 716. The van der Waals surface area contributed by atoms with Gasteiger partial charge in [-0.15, -0.1) is 17.1 Å². The van der Waals surface area contributed by atoms with Crippen molar-refractivity contribution in [3.05, 3.63) is 77.3 Å². The number of hydrogen-bond acceptors (Lipinski definition) is 2. The molecular formula is C18H19ClN3OS+. The van der Waals surface area contributed by atoms with E-state index < -0.39 is 0 Å². The summed E-state index contributed by atoms with van der Waals surface area (Å²) >= 11 is 11.2. The van der Waals surface area contributed by atoms with Gasteiger partial charge in [0.2, 0.25) is 5.11 Å². The van der Waals surface area contributed by atoms with Gasteiger partial charge in [-0.3, -0.25) is 0 Å². The van der Waals surface area contributed by atoms with Crippen LogP contribution in [0.4, 0.5) is 0 Å². The highest BCUT2D eigenvalue weighted by atomic mass is 35.5. The molecule has 0 aliphatic rings. The Hall–Kier alpha value is -2.37. The van der Waals surface area contributed by atoms with E-state index >= 15 is 0 Å². The molecule has 0 saturated heterocycles. The summed E-state index contributed by atoms with van der Waals surface area (Å²) in [5, 5.41) is 7.09. The summed E-state index contributed by atoms with van der Waals surface area (Å²) < 4.78 is 5.74. The molecular weight excluding hydrogens is 342 g/mol. The molecule has 6 heteroatoms. The zero-order valence-corrected chi connectivity index (χ0v) is 14.7. The van der Waals surface area contributed by atoms with E-state index in [0.717, 1.165) is 16.9 Å². The summed E-state index contributed by atoms with van der Waals surface area (Å²) in [6, 6.07) is 15.3. The lowest BCUT2D eigenvalue weighted by Crippen LogP contribution is -2.82. The van der Waals surface area contributed by atoms with Gasteiger partial charge in [-0.2, -0.15) is 0 Å². The Labute approximate surface area is 152 Å². The first-order valence-electron chi connectivity index (χ1n) is 7.39. The summed E-state index contributed by atoms with van der Waals surface area (Å²) in [6.45, 7) is 4.66. The average molecular weight is 361 g/mol. The van der Waals surface area contributed by atoms with E-state index in [9.17, 15) is 0 Å². The maximum atomic E-state index is 6.11. The number of rotatable bonds is 7. The fourth-order valence-electron chi connectivity index (χ4n) is 1.83. The van der Waals surface area contributed by atoms with Gasteiger partial charge in [0.05, 0.1) is 0 Å². The van der Waals surface area contributed by atoms with E-state index in [1.807, 2.05) is 48.5 Å². The number of ether oxygens (including phenoxy) is 1. The predicted molar refractivity (Wildman–Crippen MR) is 102 cm³/mol. The Morgan fingerprint density at radius 3 is 2.67 bits per heavy atom. The molecule has 0 amide bonds. The molecule has 0 radical (unpaired) electrons. The van der Waals surface area contributed by atoms with Crippen LogP contribution in [-0.2, 0) is 6.61 Å². The fourth-order valence-corrected chi connectivity index (χ4v) is 2.16. The van der Waals surface area contributed by atoms with Crippen LogP contribution in [-0.4, -0.2) is 17.9 Å². The minimum Gasteiger partial charge on any atom is -0.489 e.